The maximum atomic E-state index is 12.5. The molecule has 0 aromatic rings. The van der Waals surface area contributed by atoms with Gasteiger partial charge in [-0.1, -0.05) is 20.8 Å². The summed E-state index contributed by atoms with van der Waals surface area (Å²) in [4.78, 5) is 12.5. The molecule has 4 fully saturated rings. The third-order valence-electron chi connectivity index (χ3n) is 11.9. The lowest BCUT2D eigenvalue weighted by atomic mass is 9.44. The molecule has 7 heteroatoms. The molecule has 7 nitrogen and oxygen atoms in total. The molecular weight excluding hydrogens is 470 g/mol. The molecule has 0 aliphatic heterocycles. The van der Waals surface area contributed by atoms with E-state index in [0.29, 0.717) is 35.0 Å². The number of carbonyl (C=O) groups excluding carboxylic acids is 1. The summed E-state index contributed by atoms with van der Waals surface area (Å²) in [6.45, 7) is 7.00. The summed E-state index contributed by atoms with van der Waals surface area (Å²) in [5, 5.41) is 51.6. The maximum absolute atomic E-state index is 12.5. The number of nitrogens with one attached hydrogen (secondary N) is 1. The quantitative estimate of drug-likeness (QED) is 0.261. The molecule has 4 saturated carbocycles. The Kier molecular flexibility index (Phi) is 9.32. The molecule has 0 radical (unpaired) electrons. The summed E-state index contributed by atoms with van der Waals surface area (Å²) in [7, 11) is 0. The molecule has 4 aliphatic rings. The van der Waals surface area contributed by atoms with Gasteiger partial charge in [-0.25, -0.2) is 0 Å². The molecule has 4 rings (SSSR count). The fourth-order valence-electron chi connectivity index (χ4n) is 9.76. The van der Waals surface area contributed by atoms with Crippen molar-refractivity contribution in [3.05, 3.63) is 0 Å². The second-order valence-electron chi connectivity index (χ2n) is 13.8. The molecule has 4 aliphatic carbocycles. The van der Waals surface area contributed by atoms with Crippen molar-refractivity contribution >= 4 is 5.91 Å². The topological polar surface area (TPSA) is 130 Å². The van der Waals surface area contributed by atoms with Gasteiger partial charge in [-0.3, -0.25) is 4.79 Å². The fourth-order valence-corrected chi connectivity index (χ4v) is 9.76. The number of aliphatic hydroxyl groups excluding tert-OH is 5. The average Bonchev–Trinajstić information content (AvgIpc) is 3.23. The van der Waals surface area contributed by atoms with Gasteiger partial charge in [-0.2, -0.15) is 0 Å². The van der Waals surface area contributed by atoms with Crippen LogP contribution in [0.15, 0.2) is 0 Å². The first-order chi connectivity index (χ1) is 17.5. The van der Waals surface area contributed by atoms with E-state index in [0.717, 1.165) is 37.0 Å². The molecular formula is C30H53NO6. The summed E-state index contributed by atoms with van der Waals surface area (Å²) < 4.78 is 0. The Morgan fingerprint density at radius 2 is 1.62 bits per heavy atom. The summed E-state index contributed by atoms with van der Waals surface area (Å²) in [5.74, 6) is 4.03. The van der Waals surface area contributed by atoms with Crippen molar-refractivity contribution in [1.29, 1.82) is 0 Å². The molecule has 0 heterocycles. The van der Waals surface area contributed by atoms with Crippen LogP contribution in [-0.4, -0.2) is 69.0 Å². The number of amides is 1. The van der Waals surface area contributed by atoms with Gasteiger partial charge < -0.3 is 30.8 Å². The summed E-state index contributed by atoms with van der Waals surface area (Å²) in [5.41, 5.74) is 0.745. The summed E-state index contributed by atoms with van der Waals surface area (Å²) in [6.07, 6.45) is 8.13. The Morgan fingerprint density at radius 1 is 0.919 bits per heavy atom. The molecule has 37 heavy (non-hydrogen) atoms. The van der Waals surface area contributed by atoms with Crippen LogP contribution in [0.2, 0.25) is 0 Å². The van der Waals surface area contributed by atoms with Gasteiger partial charge in [0.05, 0.1) is 18.3 Å². The number of hydrogen-bond acceptors (Lipinski definition) is 6. The van der Waals surface area contributed by atoms with Crippen LogP contribution in [0, 0.1) is 46.3 Å². The molecule has 1 amide bonds. The van der Waals surface area contributed by atoms with Crippen molar-refractivity contribution in [2.45, 2.75) is 122 Å². The molecule has 0 aromatic carbocycles. The zero-order valence-corrected chi connectivity index (χ0v) is 23.3. The second kappa shape index (κ2) is 11.8. The summed E-state index contributed by atoms with van der Waals surface area (Å²) in [6, 6.07) is 0. The normalized spacial score (nSPS) is 42.6. The van der Waals surface area contributed by atoms with E-state index in [1.54, 1.807) is 0 Å². The Morgan fingerprint density at radius 3 is 2.35 bits per heavy atom. The number of hydrogen-bond donors (Lipinski definition) is 6. The van der Waals surface area contributed by atoms with Crippen molar-refractivity contribution in [3.8, 4) is 0 Å². The Labute approximate surface area is 223 Å². The van der Waals surface area contributed by atoms with E-state index < -0.39 is 18.3 Å². The first-order valence-corrected chi connectivity index (χ1v) is 15.1. The molecule has 0 spiro atoms. The smallest absolute Gasteiger partial charge is 0.220 e. The van der Waals surface area contributed by atoms with Crippen LogP contribution < -0.4 is 5.32 Å². The number of fused-ring (bicyclic) bond motifs is 5. The minimum absolute atomic E-state index is 0.0185. The SMILES string of the molecule is C[C@H](CCC(=O)NC[C@H](O)[C@@H](O)[C@H](O)CCO)C1CCC2[C@@H]3CC[C@@H]4C[C@H](O)CC[C@]4(C)C3CC[C@@]21C. The fraction of sp³-hybridized carbons (Fsp3) is 0.967. The van der Waals surface area contributed by atoms with E-state index in [1.807, 2.05) is 0 Å². The molecule has 0 bridgehead atoms. The van der Waals surface area contributed by atoms with E-state index in [2.05, 4.69) is 26.1 Å². The zero-order chi connectivity index (χ0) is 27.0. The Bertz CT molecular complexity index is 779. The zero-order valence-electron chi connectivity index (χ0n) is 23.3. The lowest BCUT2D eigenvalue weighted by Crippen LogP contribution is -2.54. The highest BCUT2D eigenvalue weighted by molar-refractivity contribution is 5.75. The van der Waals surface area contributed by atoms with Gasteiger partial charge in [0, 0.05) is 19.6 Å². The molecule has 6 N–H and O–H groups in total. The van der Waals surface area contributed by atoms with E-state index in [1.165, 1.54) is 44.9 Å². The second-order valence-corrected chi connectivity index (χ2v) is 13.8. The Hall–Kier alpha value is -0.730. The van der Waals surface area contributed by atoms with Crippen LogP contribution in [0.3, 0.4) is 0 Å². The molecule has 12 atom stereocenters. The monoisotopic (exact) mass is 523 g/mol. The van der Waals surface area contributed by atoms with Gasteiger partial charge in [0.2, 0.25) is 5.91 Å². The van der Waals surface area contributed by atoms with E-state index in [9.17, 15) is 25.2 Å². The van der Waals surface area contributed by atoms with Gasteiger partial charge >= 0.3 is 0 Å². The third-order valence-corrected chi connectivity index (χ3v) is 11.9. The van der Waals surface area contributed by atoms with Crippen molar-refractivity contribution < 1.29 is 30.3 Å². The van der Waals surface area contributed by atoms with Gasteiger partial charge in [0.1, 0.15) is 6.10 Å². The van der Waals surface area contributed by atoms with E-state index in [-0.39, 0.29) is 31.6 Å². The predicted molar refractivity (Wildman–Crippen MR) is 142 cm³/mol. The van der Waals surface area contributed by atoms with Crippen LogP contribution in [0.4, 0.5) is 0 Å². The van der Waals surface area contributed by atoms with Crippen molar-refractivity contribution in [3.63, 3.8) is 0 Å². The third kappa shape index (κ3) is 5.77. The minimum Gasteiger partial charge on any atom is -0.396 e. The minimum atomic E-state index is -1.40. The average molecular weight is 524 g/mol. The summed E-state index contributed by atoms with van der Waals surface area (Å²) >= 11 is 0. The predicted octanol–water partition coefficient (Wildman–Crippen LogP) is 3.00. The highest BCUT2D eigenvalue weighted by Crippen LogP contribution is 2.68. The largest absolute Gasteiger partial charge is 0.396 e. The Balaban J connectivity index is 1.29. The number of rotatable bonds is 10. The molecule has 214 valence electrons. The highest BCUT2D eigenvalue weighted by Gasteiger charge is 2.60. The molecule has 0 saturated heterocycles. The van der Waals surface area contributed by atoms with Gasteiger partial charge in [-0.15, -0.1) is 0 Å². The number of aliphatic hydroxyl groups is 5. The molecule has 0 aromatic heterocycles. The first kappa shape index (κ1) is 29.3. The lowest BCUT2D eigenvalue weighted by Gasteiger charge is -2.61. The van der Waals surface area contributed by atoms with Crippen molar-refractivity contribution in [2.24, 2.45) is 46.3 Å². The van der Waals surface area contributed by atoms with Gasteiger partial charge in [0.25, 0.3) is 0 Å². The molecule has 3 unspecified atom stereocenters. The van der Waals surface area contributed by atoms with Crippen LogP contribution in [-0.2, 0) is 4.79 Å². The van der Waals surface area contributed by atoms with Crippen LogP contribution >= 0.6 is 0 Å². The van der Waals surface area contributed by atoms with Gasteiger partial charge in [-0.05, 0) is 117 Å². The lowest BCUT2D eigenvalue weighted by molar-refractivity contribution is -0.130. The maximum Gasteiger partial charge on any atom is 0.220 e. The van der Waals surface area contributed by atoms with Crippen LogP contribution in [0.5, 0.6) is 0 Å². The van der Waals surface area contributed by atoms with E-state index >= 15 is 0 Å². The van der Waals surface area contributed by atoms with E-state index in [4.69, 9.17) is 5.11 Å². The van der Waals surface area contributed by atoms with Crippen LogP contribution in [0.1, 0.15) is 97.8 Å². The van der Waals surface area contributed by atoms with Crippen molar-refractivity contribution in [1.82, 2.24) is 5.32 Å². The number of carbonyl (C=O) groups is 1. The highest BCUT2D eigenvalue weighted by atomic mass is 16.4. The first-order valence-electron chi connectivity index (χ1n) is 15.1. The van der Waals surface area contributed by atoms with Gasteiger partial charge in [0.15, 0.2) is 0 Å². The van der Waals surface area contributed by atoms with Crippen molar-refractivity contribution in [2.75, 3.05) is 13.2 Å². The standard InChI is InChI=1S/C30H53NO6/c1-18(4-9-27(36)31-17-26(35)28(37)25(34)12-15-32)22-7-8-23-21-6-5-19-16-20(33)10-13-29(19,2)24(21)11-14-30(22,23)3/h18-26,28,32-35,37H,4-17H2,1-3H3,(H,31,36)/t18-,19-,20-,21+,22?,23?,24?,25-,26+,28+,29+,30-/m1/s1. The van der Waals surface area contributed by atoms with Crippen LogP contribution in [0.25, 0.3) is 0 Å².